The number of anilines is 2. The fourth-order valence-corrected chi connectivity index (χ4v) is 7.68. The largest absolute Gasteiger partial charge is 0.493 e. The van der Waals surface area contributed by atoms with Gasteiger partial charge in [0.25, 0.3) is 5.91 Å². The summed E-state index contributed by atoms with van der Waals surface area (Å²) >= 11 is 2.82. The molecule has 0 saturated heterocycles. The maximum atomic E-state index is 13.9. The molecule has 1 aromatic heterocycles. The lowest BCUT2D eigenvalue weighted by molar-refractivity contribution is -0.115. The van der Waals surface area contributed by atoms with Crippen LogP contribution in [0.1, 0.15) is 55.3 Å². The van der Waals surface area contributed by atoms with Crippen molar-refractivity contribution in [1.82, 2.24) is 0 Å². The molecule has 0 aliphatic heterocycles. The Balaban J connectivity index is 1.39. The van der Waals surface area contributed by atoms with Crippen LogP contribution in [0.4, 0.5) is 10.7 Å². The van der Waals surface area contributed by atoms with Gasteiger partial charge in [0, 0.05) is 21.0 Å². The van der Waals surface area contributed by atoms with Gasteiger partial charge in [0.1, 0.15) is 10.3 Å². The summed E-state index contributed by atoms with van der Waals surface area (Å²) in [6, 6.07) is 21.8. The molecule has 10 heteroatoms. The zero-order valence-electron chi connectivity index (χ0n) is 25.0. The third kappa shape index (κ3) is 6.92. The van der Waals surface area contributed by atoms with Crippen LogP contribution >= 0.6 is 23.1 Å². The van der Waals surface area contributed by atoms with Crippen LogP contribution in [0, 0.1) is 5.92 Å². The van der Waals surface area contributed by atoms with E-state index in [1.807, 2.05) is 48.5 Å². The molecule has 2 amide bonds. The molecular formula is C34H34N2O6S2. The molecule has 0 radical (unpaired) electrons. The van der Waals surface area contributed by atoms with E-state index >= 15 is 0 Å². The van der Waals surface area contributed by atoms with E-state index in [2.05, 4.69) is 17.6 Å². The van der Waals surface area contributed by atoms with Gasteiger partial charge in [0.2, 0.25) is 5.91 Å². The molecule has 5 rings (SSSR count). The van der Waals surface area contributed by atoms with Crippen molar-refractivity contribution in [3.63, 3.8) is 0 Å². The molecule has 228 valence electrons. The number of hydrogen-bond acceptors (Lipinski definition) is 8. The maximum absolute atomic E-state index is 13.9. The van der Waals surface area contributed by atoms with Crippen molar-refractivity contribution < 1.29 is 28.6 Å². The number of carbonyl (C=O) groups excluding carboxylic acids is 3. The van der Waals surface area contributed by atoms with E-state index in [1.165, 1.54) is 44.4 Å². The molecular weight excluding hydrogens is 597 g/mol. The first kappa shape index (κ1) is 31.2. The van der Waals surface area contributed by atoms with Crippen molar-refractivity contribution in [3.05, 3.63) is 99.9 Å². The molecule has 2 atom stereocenters. The van der Waals surface area contributed by atoms with Crippen molar-refractivity contribution in [2.45, 2.75) is 36.3 Å². The van der Waals surface area contributed by atoms with Crippen LogP contribution in [0.2, 0.25) is 0 Å². The van der Waals surface area contributed by atoms with Gasteiger partial charge < -0.3 is 24.8 Å². The molecule has 44 heavy (non-hydrogen) atoms. The van der Waals surface area contributed by atoms with E-state index in [-0.39, 0.29) is 11.8 Å². The summed E-state index contributed by atoms with van der Waals surface area (Å²) in [5, 5.41) is 5.90. The van der Waals surface area contributed by atoms with Gasteiger partial charge in [-0.3, -0.25) is 9.59 Å². The molecule has 0 spiro atoms. The van der Waals surface area contributed by atoms with Crippen LogP contribution in [-0.2, 0) is 22.4 Å². The third-order valence-corrected chi connectivity index (χ3v) is 9.89. The zero-order valence-corrected chi connectivity index (χ0v) is 26.6. The molecule has 0 fully saturated rings. The number of thioether (sulfide) groups is 1. The van der Waals surface area contributed by atoms with Gasteiger partial charge in [-0.1, -0.05) is 43.3 Å². The first-order valence-electron chi connectivity index (χ1n) is 14.2. The van der Waals surface area contributed by atoms with Gasteiger partial charge in [-0.15, -0.1) is 23.1 Å². The lowest BCUT2D eigenvalue weighted by Gasteiger charge is -2.18. The highest BCUT2D eigenvalue weighted by Crippen LogP contribution is 2.42. The Bertz CT molecular complexity index is 1670. The van der Waals surface area contributed by atoms with Crippen LogP contribution in [0.3, 0.4) is 0 Å². The SMILES string of the molecule is COC(=O)c1c(NC(=O)C(Sc2cccc(NC(=O)c3ccc(OC)c(OC)c3)c2)c2ccccc2)sc2c1CCC(C)C2. The molecule has 1 heterocycles. The number of methoxy groups -OCH3 is 3. The normalized spacial score (nSPS) is 14.6. The minimum atomic E-state index is -0.628. The minimum Gasteiger partial charge on any atom is -0.493 e. The number of carbonyl (C=O) groups is 3. The molecule has 8 nitrogen and oxygen atoms in total. The lowest BCUT2D eigenvalue weighted by Crippen LogP contribution is -2.20. The molecule has 1 aliphatic carbocycles. The molecule has 0 bridgehead atoms. The standard InChI is InChI=1S/C34H34N2O6S2/c1-20-13-15-25-28(17-20)44-33(29(25)34(39)42-4)36-32(38)30(21-9-6-5-7-10-21)43-24-12-8-11-23(19-24)35-31(37)22-14-16-26(40-2)27(18-22)41-3/h5-12,14,16,18-20,30H,13,15,17H2,1-4H3,(H,35,37)(H,36,38). The molecule has 0 saturated carbocycles. The minimum absolute atomic E-state index is 0.252. The Morgan fingerprint density at radius 2 is 1.68 bits per heavy atom. The van der Waals surface area contributed by atoms with Crippen molar-refractivity contribution in [3.8, 4) is 11.5 Å². The highest BCUT2D eigenvalue weighted by Gasteiger charge is 2.31. The number of nitrogens with one attached hydrogen (secondary N) is 2. The second-order valence-corrected chi connectivity index (χ2v) is 12.8. The lowest BCUT2D eigenvalue weighted by atomic mass is 9.88. The highest BCUT2D eigenvalue weighted by molar-refractivity contribution is 8.00. The zero-order chi connectivity index (χ0) is 31.2. The van der Waals surface area contributed by atoms with Crippen LogP contribution in [0.5, 0.6) is 11.5 Å². The fourth-order valence-electron chi connectivity index (χ4n) is 5.20. The number of benzene rings is 3. The predicted molar refractivity (Wildman–Crippen MR) is 174 cm³/mol. The van der Waals surface area contributed by atoms with Crippen molar-refractivity contribution in [2.75, 3.05) is 32.0 Å². The summed E-state index contributed by atoms with van der Waals surface area (Å²) in [6.07, 6.45) is 2.65. The molecule has 1 aliphatic rings. The summed E-state index contributed by atoms with van der Waals surface area (Å²) in [7, 11) is 4.42. The Morgan fingerprint density at radius 3 is 2.41 bits per heavy atom. The van der Waals surface area contributed by atoms with Crippen molar-refractivity contribution in [1.29, 1.82) is 0 Å². The van der Waals surface area contributed by atoms with Gasteiger partial charge in [-0.05, 0) is 72.7 Å². The summed E-state index contributed by atoms with van der Waals surface area (Å²) < 4.78 is 15.7. The Morgan fingerprint density at radius 1 is 0.909 bits per heavy atom. The van der Waals surface area contributed by atoms with E-state index in [1.54, 1.807) is 24.3 Å². The number of fused-ring (bicyclic) bond motifs is 1. The smallest absolute Gasteiger partial charge is 0.341 e. The number of thiophene rings is 1. The summed E-state index contributed by atoms with van der Waals surface area (Å²) in [6.45, 7) is 2.20. The van der Waals surface area contributed by atoms with Crippen LogP contribution in [0.25, 0.3) is 0 Å². The summed E-state index contributed by atoms with van der Waals surface area (Å²) in [5.74, 6) is 0.507. The van der Waals surface area contributed by atoms with Crippen molar-refractivity contribution >= 4 is 51.6 Å². The molecule has 2 N–H and O–H groups in total. The summed E-state index contributed by atoms with van der Waals surface area (Å²) in [4.78, 5) is 41.7. The number of hydrogen-bond donors (Lipinski definition) is 2. The third-order valence-electron chi connectivity index (χ3n) is 7.47. The first-order valence-corrected chi connectivity index (χ1v) is 15.9. The highest BCUT2D eigenvalue weighted by atomic mass is 32.2. The average Bonchev–Trinajstić information content (AvgIpc) is 3.39. The maximum Gasteiger partial charge on any atom is 0.341 e. The number of amides is 2. The number of ether oxygens (including phenoxy) is 3. The number of rotatable bonds is 10. The Labute approximate surface area is 265 Å². The average molecular weight is 631 g/mol. The van der Waals surface area contributed by atoms with E-state index in [9.17, 15) is 14.4 Å². The van der Waals surface area contributed by atoms with Gasteiger partial charge in [0.05, 0.1) is 26.9 Å². The quantitative estimate of drug-likeness (QED) is 0.139. The van der Waals surface area contributed by atoms with Gasteiger partial charge in [-0.2, -0.15) is 0 Å². The van der Waals surface area contributed by atoms with E-state index in [0.29, 0.717) is 39.2 Å². The van der Waals surface area contributed by atoms with Gasteiger partial charge >= 0.3 is 5.97 Å². The van der Waals surface area contributed by atoms with Gasteiger partial charge in [0.15, 0.2) is 11.5 Å². The molecule has 4 aromatic rings. The van der Waals surface area contributed by atoms with Crippen molar-refractivity contribution in [2.24, 2.45) is 5.92 Å². The monoisotopic (exact) mass is 630 g/mol. The second kappa shape index (κ2) is 14.0. The summed E-state index contributed by atoms with van der Waals surface area (Å²) in [5.41, 5.74) is 3.25. The van der Waals surface area contributed by atoms with E-state index < -0.39 is 11.2 Å². The Kier molecular flexibility index (Phi) is 9.92. The first-order chi connectivity index (χ1) is 21.3. The fraction of sp³-hybridized carbons (Fsp3) is 0.265. The molecule has 3 aromatic carbocycles. The predicted octanol–water partition coefficient (Wildman–Crippen LogP) is 7.40. The van der Waals surface area contributed by atoms with Crippen LogP contribution in [0.15, 0.2) is 77.7 Å². The van der Waals surface area contributed by atoms with E-state index in [4.69, 9.17) is 14.2 Å². The van der Waals surface area contributed by atoms with Gasteiger partial charge in [-0.25, -0.2) is 4.79 Å². The number of esters is 1. The second-order valence-electron chi connectivity index (χ2n) is 10.5. The molecule has 2 unspecified atom stereocenters. The van der Waals surface area contributed by atoms with E-state index in [0.717, 1.165) is 40.2 Å². The topological polar surface area (TPSA) is 103 Å². The Hall–Kier alpha value is -4.28. The van der Waals surface area contributed by atoms with Crippen LogP contribution in [-0.4, -0.2) is 39.1 Å². The van der Waals surface area contributed by atoms with Crippen LogP contribution < -0.4 is 20.1 Å².